The number of aromatic nitrogens is 1. The number of aryl methyl sites for hydroxylation is 2. The lowest BCUT2D eigenvalue weighted by atomic mass is 10.1. The molecule has 0 bridgehead atoms. The summed E-state index contributed by atoms with van der Waals surface area (Å²) in [6, 6.07) is 7.66. The third-order valence-corrected chi connectivity index (χ3v) is 3.56. The largest absolute Gasteiger partial charge is 0.422 e. The Morgan fingerprint density at radius 2 is 2.06 bits per heavy atom. The van der Waals surface area contributed by atoms with E-state index in [1.807, 2.05) is 43.5 Å². The maximum atomic E-state index is 12.0. The van der Waals surface area contributed by atoms with Crippen molar-refractivity contribution in [2.24, 2.45) is 0 Å². The fourth-order valence-electron chi connectivity index (χ4n) is 1.88. The molecule has 0 atom stereocenters. The van der Waals surface area contributed by atoms with Gasteiger partial charge in [0, 0.05) is 10.8 Å². The van der Waals surface area contributed by atoms with Crippen molar-refractivity contribution in [3.8, 4) is 11.3 Å². The van der Waals surface area contributed by atoms with E-state index >= 15 is 0 Å². The summed E-state index contributed by atoms with van der Waals surface area (Å²) >= 11 is 1.52. The molecule has 3 nitrogen and oxygen atoms in total. The van der Waals surface area contributed by atoms with Crippen molar-refractivity contribution >= 4 is 22.3 Å². The van der Waals surface area contributed by atoms with Gasteiger partial charge in [-0.25, -0.2) is 9.78 Å². The Labute approximate surface area is 108 Å². The topological polar surface area (TPSA) is 43.1 Å². The van der Waals surface area contributed by atoms with E-state index in [1.165, 1.54) is 11.3 Å². The monoisotopic (exact) mass is 257 g/mol. The first-order chi connectivity index (χ1) is 8.63. The molecule has 0 amide bonds. The van der Waals surface area contributed by atoms with E-state index in [1.54, 1.807) is 0 Å². The van der Waals surface area contributed by atoms with E-state index in [0.29, 0.717) is 16.8 Å². The number of nitrogens with zero attached hydrogens (tertiary/aromatic N) is 1. The van der Waals surface area contributed by atoms with Gasteiger partial charge in [0.2, 0.25) is 0 Å². The van der Waals surface area contributed by atoms with Crippen LogP contribution < -0.4 is 5.63 Å². The normalized spacial score (nSPS) is 11.0. The molecule has 3 rings (SSSR count). The van der Waals surface area contributed by atoms with Crippen molar-refractivity contribution in [1.82, 2.24) is 4.98 Å². The predicted octanol–water partition coefficient (Wildman–Crippen LogP) is 3.53. The van der Waals surface area contributed by atoms with Crippen LogP contribution in [0, 0.1) is 13.8 Å². The Balaban J connectivity index is 2.28. The van der Waals surface area contributed by atoms with Crippen molar-refractivity contribution in [1.29, 1.82) is 0 Å². The van der Waals surface area contributed by atoms with Gasteiger partial charge in [-0.15, -0.1) is 11.3 Å². The molecule has 0 aliphatic carbocycles. The Kier molecular flexibility index (Phi) is 2.52. The highest BCUT2D eigenvalue weighted by Crippen LogP contribution is 2.23. The summed E-state index contributed by atoms with van der Waals surface area (Å²) in [6.07, 6.45) is 0. The van der Waals surface area contributed by atoms with E-state index in [4.69, 9.17) is 4.42 Å². The number of hydrogen-bond acceptors (Lipinski definition) is 4. The second-order valence-corrected chi connectivity index (χ2v) is 5.30. The van der Waals surface area contributed by atoms with Crippen LogP contribution in [0.1, 0.15) is 10.6 Å². The maximum Gasteiger partial charge on any atom is 0.345 e. The molecule has 0 radical (unpaired) electrons. The van der Waals surface area contributed by atoms with Crippen LogP contribution in [0.2, 0.25) is 0 Å². The first-order valence-corrected chi connectivity index (χ1v) is 6.48. The molecule has 0 N–H and O–H groups in total. The van der Waals surface area contributed by atoms with E-state index in [-0.39, 0.29) is 5.63 Å². The van der Waals surface area contributed by atoms with E-state index < -0.39 is 0 Å². The van der Waals surface area contributed by atoms with Crippen LogP contribution in [0.15, 0.2) is 38.9 Å². The van der Waals surface area contributed by atoms with Crippen LogP contribution in [0.5, 0.6) is 0 Å². The summed E-state index contributed by atoms with van der Waals surface area (Å²) in [7, 11) is 0. The zero-order chi connectivity index (χ0) is 12.7. The van der Waals surface area contributed by atoms with E-state index in [2.05, 4.69) is 4.98 Å². The average molecular weight is 257 g/mol. The minimum absolute atomic E-state index is 0.335. The van der Waals surface area contributed by atoms with Gasteiger partial charge in [0.05, 0.1) is 16.3 Å². The fraction of sp³-hybridized carbons (Fsp3) is 0.143. The van der Waals surface area contributed by atoms with Crippen LogP contribution in [-0.4, -0.2) is 4.98 Å². The maximum absolute atomic E-state index is 12.0. The second kappa shape index (κ2) is 4.07. The molecule has 2 heterocycles. The molecule has 0 fully saturated rings. The van der Waals surface area contributed by atoms with Gasteiger partial charge in [-0.1, -0.05) is 12.1 Å². The molecular formula is C14H11NO2S. The molecule has 18 heavy (non-hydrogen) atoms. The van der Waals surface area contributed by atoms with Crippen LogP contribution in [0.25, 0.3) is 22.2 Å². The van der Waals surface area contributed by atoms with Crippen LogP contribution >= 0.6 is 11.3 Å². The van der Waals surface area contributed by atoms with Crippen molar-refractivity contribution in [3.05, 3.63) is 50.6 Å². The highest BCUT2D eigenvalue weighted by molar-refractivity contribution is 7.09. The van der Waals surface area contributed by atoms with Crippen LogP contribution in [0.4, 0.5) is 0 Å². The summed E-state index contributed by atoms with van der Waals surface area (Å²) in [4.78, 5) is 16.3. The quantitative estimate of drug-likeness (QED) is 0.626. The minimum Gasteiger partial charge on any atom is -0.422 e. The van der Waals surface area contributed by atoms with Gasteiger partial charge in [-0.2, -0.15) is 0 Å². The lowest BCUT2D eigenvalue weighted by molar-refractivity contribution is 0.563. The molecule has 0 aliphatic rings. The average Bonchev–Trinajstić information content (AvgIpc) is 2.74. The van der Waals surface area contributed by atoms with E-state index in [0.717, 1.165) is 16.0 Å². The first-order valence-electron chi connectivity index (χ1n) is 5.60. The highest BCUT2D eigenvalue weighted by atomic mass is 32.1. The number of thiazole rings is 1. The summed E-state index contributed by atoms with van der Waals surface area (Å²) in [5.41, 5.74) is 2.57. The smallest absolute Gasteiger partial charge is 0.345 e. The van der Waals surface area contributed by atoms with E-state index in [9.17, 15) is 4.79 Å². The molecule has 1 aromatic carbocycles. The molecule has 3 aromatic rings. The van der Waals surface area contributed by atoms with Crippen molar-refractivity contribution in [2.45, 2.75) is 13.8 Å². The van der Waals surface area contributed by atoms with Crippen LogP contribution in [0.3, 0.4) is 0 Å². The van der Waals surface area contributed by atoms with Gasteiger partial charge in [0.15, 0.2) is 0 Å². The van der Waals surface area contributed by atoms with Gasteiger partial charge in [0.1, 0.15) is 5.58 Å². The fourth-order valence-corrected chi connectivity index (χ4v) is 2.50. The predicted molar refractivity (Wildman–Crippen MR) is 73.1 cm³/mol. The van der Waals surface area contributed by atoms with Crippen LogP contribution in [-0.2, 0) is 0 Å². The summed E-state index contributed by atoms with van der Waals surface area (Å²) in [5.74, 6) is 0. The number of benzene rings is 1. The lowest BCUT2D eigenvalue weighted by Gasteiger charge is -2.00. The molecule has 2 aromatic heterocycles. The summed E-state index contributed by atoms with van der Waals surface area (Å²) in [5, 5.41) is 3.73. The molecule has 4 heteroatoms. The summed E-state index contributed by atoms with van der Waals surface area (Å²) < 4.78 is 5.35. The van der Waals surface area contributed by atoms with Gasteiger partial charge in [-0.3, -0.25) is 0 Å². The lowest BCUT2D eigenvalue weighted by Crippen LogP contribution is -2.02. The van der Waals surface area contributed by atoms with Gasteiger partial charge < -0.3 is 4.42 Å². The highest BCUT2D eigenvalue weighted by Gasteiger charge is 2.10. The Morgan fingerprint density at radius 3 is 2.78 bits per heavy atom. The number of rotatable bonds is 1. The number of hydrogen-bond donors (Lipinski definition) is 0. The molecular weight excluding hydrogens is 246 g/mol. The van der Waals surface area contributed by atoms with Gasteiger partial charge in [-0.05, 0) is 31.5 Å². The van der Waals surface area contributed by atoms with Crippen molar-refractivity contribution in [2.75, 3.05) is 0 Å². The van der Waals surface area contributed by atoms with Gasteiger partial charge in [0.25, 0.3) is 0 Å². The Hall–Kier alpha value is -1.94. The van der Waals surface area contributed by atoms with Gasteiger partial charge >= 0.3 is 5.63 Å². The summed E-state index contributed by atoms with van der Waals surface area (Å²) in [6.45, 7) is 3.89. The van der Waals surface area contributed by atoms with Crippen molar-refractivity contribution in [3.63, 3.8) is 0 Å². The third kappa shape index (κ3) is 1.84. The third-order valence-electron chi connectivity index (χ3n) is 2.79. The molecule has 0 aliphatic heterocycles. The standard InChI is InChI=1S/C14H11NO2S/c1-8-3-4-10-6-11(12-7-18-9(2)15-12)14(16)17-13(10)5-8/h3-7H,1-2H3. The molecule has 0 spiro atoms. The SMILES string of the molecule is Cc1ccc2cc(-c3csc(C)n3)c(=O)oc2c1. The first kappa shape index (κ1) is 11.2. The molecule has 0 saturated heterocycles. The molecule has 0 saturated carbocycles. The minimum atomic E-state index is -0.335. The zero-order valence-electron chi connectivity index (χ0n) is 10.1. The molecule has 90 valence electrons. The Morgan fingerprint density at radius 1 is 1.22 bits per heavy atom. The number of fused-ring (bicyclic) bond motifs is 1. The second-order valence-electron chi connectivity index (χ2n) is 4.24. The molecule has 0 unspecified atom stereocenters. The Bertz CT molecular complexity index is 786. The van der Waals surface area contributed by atoms with Crippen molar-refractivity contribution < 1.29 is 4.42 Å². The zero-order valence-corrected chi connectivity index (χ0v) is 10.9.